The van der Waals surface area contributed by atoms with Crippen molar-refractivity contribution in [1.82, 2.24) is 9.97 Å². The van der Waals surface area contributed by atoms with E-state index >= 15 is 0 Å². The second-order valence-electron chi connectivity index (χ2n) is 5.68. The number of aromatic nitrogens is 2. The summed E-state index contributed by atoms with van der Waals surface area (Å²) in [5.74, 6) is -0.538. The molecule has 3 rings (SSSR count). The number of nitrogens with zero attached hydrogens (tertiary/aromatic N) is 3. The summed E-state index contributed by atoms with van der Waals surface area (Å²) in [6.07, 6.45) is 2.54. The zero-order valence-electron chi connectivity index (χ0n) is 13.9. The van der Waals surface area contributed by atoms with Crippen molar-refractivity contribution >= 4 is 39.0 Å². The number of aliphatic carboxylic acids is 1. The van der Waals surface area contributed by atoms with Gasteiger partial charge in [0.15, 0.2) is 0 Å². The molecule has 0 amide bonds. The summed E-state index contributed by atoms with van der Waals surface area (Å²) >= 11 is 1.38. The molecular formula is C17H16N4O4S. The zero-order valence-corrected chi connectivity index (χ0v) is 14.7. The van der Waals surface area contributed by atoms with Crippen molar-refractivity contribution in [1.29, 1.82) is 0 Å². The van der Waals surface area contributed by atoms with Gasteiger partial charge in [0.05, 0.1) is 10.3 Å². The lowest BCUT2D eigenvalue weighted by molar-refractivity contribution is -0.384. The molecule has 2 N–H and O–H groups in total. The Morgan fingerprint density at radius 2 is 2.23 bits per heavy atom. The molecule has 0 radical (unpaired) electrons. The second-order valence-corrected chi connectivity index (χ2v) is 6.54. The number of carboxylic acid groups (broad SMARTS) is 1. The van der Waals surface area contributed by atoms with Gasteiger partial charge in [0.2, 0.25) is 0 Å². The Balaban J connectivity index is 2.10. The van der Waals surface area contributed by atoms with Crippen LogP contribution in [0.15, 0.2) is 36.0 Å². The van der Waals surface area contributed by atoms with Gasteiger partial charge in [0.1, 0.15) is 23.0 Å². The average molecular weight is 372 g/mol. The zero-order chi connectivity index (χ0) is 18.7. The first-order valence-corrected chi connectivity index (χ1v) is 8.85. The van der Waals surface area contributed by atoms with Crippen molar-refractivity contribution < 1.29 is 14.8 Å². The number of fused-ring (bicyclic) bond motifs is 1. The molecule has 26 heavy (non-hydrogen) atoms. The minimum Gasteiger partial charge on any atom is -0.480 e. The monoisotopic (exact) mass is 372 g/mol. The number of anilines is 1. The standard InChI is InChI=1S/C17H16N4O4S/c1-2-4-13(17(22)23)20-15-14-12(8-26-16(14)19-9-18-15)10-5-3-6-11(7-10)21(24)25/h3,5-9,13H,2,4H2,1H3,(H,22,23)(H,18,19,20). The van der Waals surface area contributed by atoms with Gasteiger partial charge >= 0.3 is 5.97 Å². The predicted molar refractivity (Wildman–Crippen MR) is 99.5 cm³/mol. The van der Waals surface area contributed by atoms with Crippen LogP contribution in [0.3, 0.4) is 0 Å². The maximum Gasteiger partial charge on any atom is 0.326 e. The second kappa shape index (κ2) is 7.44. The Morgan fingerprint density at radius 3 is 2.92 bits per heavy atom. The number of nitro groups is 1. The molecular weight excluding hydrogens is 356 g/mol. The number of nitrogens with one attached hydrogen (secondary N) is 1. The fraction of sp³-hybridized carbons (Fsp3) is 0.235. The number of carboxylic acids is 1. The van der Waals surface area contributed by atoms with Gasteiger partial charge in [-0.05, 0) is 12.0 Å². The molecule has 2 aromatic heterocycles. The van der Waals surface area contributed by atoms with Gasteiger partial charge in [-0.3, -0.25) is 10.1 Å². The van der Waals surface area contributed by atoms with Crippen LogP contribution in [0, 0.1) is 10.1 Å². The molecule has 2 heterocycles. The first kappa shape index (κ1) is 17.7. The molecule has 1 unspecified atom stereocenters. The number of thiophene rings is 1. The molecule has 0 saturated heterocycles. The molecule has 0 saturated carbocycles. The molecule has 3 aromatic rings. The average Bonchev–Trinajstić information content (AvgIpc) is 3.06. The molecule has 134 valence electrons. The lowest BCUT2D eigenvalue weighted by Crippen LogP contribution is -2.29. The van der Waals surface area contributed by atoms with Gasteiger partial charge in [-0.25, -0.2) is 14.8 Å². The molecule has 0 aliphatic rings. The largest absolute Gasteiger partial charge is 0.480 e. The highest BCUT2D eigenvalue weighted by Crippen LogP contribution is 2.37. The van der Waals surface area contributed by atoms with Crippen LogP contribution in [-0.4, -0.2) is 32.0 Å². The third kappa shape index (κ3) is 3.47. The van der Waals surface area contributed by atoms with Crippen LogP contribution in [0.4, 0.5) is 11.5 Å². The van der Waals surface area contributed by atoms with Crippen LogP contribution >= 0.6 is 11.3 Å². The molecule has 8 nitrogen and oxygen atoms in total. The smallest absolute Gasteiger partial charge is 0.326 e. The van der Waals surface area contributed by atoms with E-state index in [9.17, 15) is 20.0 Å². The molecule has 1 atom stereocenters. The summed E-state index contributed by atoms with van der Waals surface area (Å²) in [5, 5.41) is 25.9. The van der Waals surface area contributed by atoms with Gasteiger partial charge in [0, 0.05) is 23.1 Å². The predicted octanol–water partition coefficient (Wildman–Crippen LogP) is 3.93. The Morgan fingerprint density at radius 1 is 1.42 bits per heavy atom. The Labute approximate surface area is 152 Å². The maximum absolute atomic E-state index is 11.5. The van der Waals surface area contributed by atoms with E-state index in [-0.39, 0.29) is 5.69 Å². The Bertz CT molecular complexity index is 972. The van der Waals surface area contributed by atoms with Crippen LogP contribution in [0.2, 0.25) is 0 Å². The molecule has 1 aromatic carbocycles. The summed E-state index contributed by atoms with van der Waals surface area (Å²) in [6, 6.07) is 5.53. The van der Waals surface area contributed by atoms with Crippen molar-refractivity contribution in [3.8, 4) is 11.1 Å². The SMILES string of the molecule is CCCC(Nc1ncnc2scc(-c3cccc([N+](=O)[O-])c3)c12)C(=O)O. The lowest BCUT2D eigenvalue weighted by atomic mass is 10.0. The van der Waals surface area contributed by atoms with E-state index in [2.05, 4.69) is 15.3 Å². The van der Waals surface area contributed by atoms with E-state index in [1.165, 1.54) is 29.8 Å². The first-order chi connectivity index (χ1) is 12.5. The van der Waals surface area contributed by atoms with Gasteiger partial charge in [-0.1, -0.05) is 25.5 Å². The van der Waals surface area contributed by atoms with Crippen molar-refractivity contribution in [3.63, 3.8) is 0 Å². The first-order valence-electron chi connectivity index (χ1n) is 7.97. The van der Waals surface area contributed by atoms with E-state index in [1.807, 2.05) is 12.3 Å². The van der Waals surface area contributed by atoms with E-state index in [0.717, 1.165) is 5.56 Å². The van der Waals surface area contributed by atoms with Gasteiger partial charge in [0.25, 0.3) is 5.69 Å². The van der Waals surface area contributed by atoms with Crippen molar-refractivity contribution in [3.05, 3.63) is 46.1 Å². The normalized spacial score (nSPS) is 12.0. The van der Waals surface area contributed by atoms with Crippen LogP contribution in [-0.2, 0) is 4.79 Å². The summed E-state index contributed by atoms with van der Waals surface area (Å²) < 4.78 is 0. The highest BCUT2D eigenvalue weighted by Gasteiger charge is 2.20. The maximum atomic E-state index is 11.5. The van der Waals surface area contributed by atoms with Gasteiger partial charge < -0.3 is 10.4 Å². The number of hydrogen-bond donors (Lipinski definition) is 2. The number of rotatable bonds is 7. The molecule has 9 heteroatoms. The number of benzene rings is 1. The number of carbonyl (C=O) groups is 1. The van der Waals surface area contributed by atoms with Crippen molar-refractivity contribution in [2.45, 2.75) is 25.8 Å². The van der Waals surface area contributed by atoms with Gasteiger partial charge in [-0.2, -0.15) is 0 Å². The van der Waals surface area contributed by atoms with E-state index in [1.54, 1.807) is 12.1 Å². The van der Waals surface area contributed by atoms with E-state index in [0.29, 0.717) is 34.4 Å². The molecule has 0 fully saturated rings. The molecule has 0 aliphatic heterocycles. The van der Waals surface area contributed by atoms with Crippen LogP contribution in [0.1, 0.15) is 19.8 Å². The third-order valence-electron chi connectivity index (χ3n) is 3.92. The number of hydrogen-bond acceptors (Lipinski definition) is 7. The van der Waals surface area contributed by atoms with Crippen molar-refractivity contribution in [2.75, 3.05) is 5.32 Å². The number of non-ortho nitro benzene ring substituents is 1. The summed E-state index contributed by atoms with van der Waals surface area (Å²) in [5.41, 5.74) is 1.38. The lowest BCUT2D eigenvalue weighted by Gasteiger charge is -2.15. The summed E-state index contributed by atoms with van der Waals surface area (Å²) in [6.45, 7) is 1.91. The third-order valence-corrected chi connectivity index (χ3v) is 4.81. The summed E-state index contributed by atoms with van der Waals surface area (Å²) in [7, 11) is 0. The van der Waals surface area contributed by atoms with E-state index in [4.69, 9.17) is 0 Å². The van der Waals surface area contributed by atoms with Crippen molar-refractivity contribution in [2.24, 2.45) is 0 Å². The highest BCUT2D eigenvalue weighted by molar-refractivity contribution is 7.17. The van der Waals surface area contributed by atoms with Crippen LogP contribution in [0.25, 0.3) is 21.3 Å². The summed E-state index contributed by atoms with van der Waals surface area (Å²) in [4.78, 5) is 31.2. The molecule has 0 aliphatic carbocycles. The van der Waals surface area contributed by atoms with Gasteiger partial charge in [-0.15, -0.1) is 11.3 Å². The molecule has 0 bridgehead atoms. The van der Waals surface area contributed by atoms with Crippen LogP contribution in [0.5, 0.6) is 0 Å². The topological polar surface area (TPSA) is 118 Å². The fourth-order valence-electron chi connectivity index (χ4n) is 2.70. The van der Waals surface area contributed by atoms with Crippen LogP contribution < -0.4 is 5.32 Å². The fourth-order valence-corrected chi connectivity index (χ4v) is 3.61. The Hall–Kier alpha value is -3.07. The minimum atomic E-state index is -0.953. The highest BCUT2D eigenvalue weighted by atomic mass is 32.1. The molecule has 0 spiro atoms. The number of nitro benzene ring substituents is 1. The minimum absolute atomic E-state index is 0.0115. The Kier molecular flexibility index (Phi) is 5.08. The quantitative estimate of drug-likeness (QED) is 0.476. The van der Waals surface area contributed by atoms with E-state index < -0.39 is 16.9 Å².